The maximum atomic E-state index is 11.8. The third-order valence-corrected chi connectivity index (χ3v) is 2.89. The fourth-order valence-corrected chi connectivity index (χ4v) is 1.77. The van der Waals surface area contributed by atoms with Gasteiger partial charge in [0, 0.05) is 24.1 Å². The van der Waals surface area contributed by atoms with Crippen molar-refractivity contribution in [1.82, 2.24) is 14.9 Å². The molecule has 0 fully saturated rings. The molecule has 0 aromatic carbocycles. The second-order valence-corrected chi connectivity index (χ2v) is 4.47. The van der Waals surface area contributed by atoms with E-state index in [4.69, 9.17) is 5.73 Å². The number of nitrogens with one attached hydrogen (secondary N) is 1. The summed E-state index contributed by atoms with van der Waals surface area (Å²) >= 11 is 0. The van der Waals surface area contributed by atoms with Gasteiger partial charge in [0.05, 0.1) is 12.2 Å². The van der Waals surface area contributed by atoms with Gasteiger partial charge in [-0.1, -0.05) is 6.07 Å². The first-order valence-electron chi connectivity index (χ1n) is 6.19. The Morgan fingerprint density at radius 3 is 2.95 bits per heavy atom. The molecule has 0 spiro atoms. The van der Waals surface area contributed by atoms with Gasteiger partial charge in [-0.25, -0.2) is 0 Å². The molecule has 6 nitrogen and oxygen atoms in total. The number of aryl methyl sites for hydroxylation is 1. The lowest BCUT2D eigenvalue weighted by atomic mass is 10.2. The van der Waals surface area contributed by atoms with E-state index >= 15 is 0 Å². The lowest BCUT2D eigenvalue weighted by Gasteiger charge is -2.08. The number of nitrogen functional groups attached to an aromatic ring is 1. The molecule has 1 amide bonds. The van der Waals surface area contributed by atoms with Crippen molar-refractivity contribution < 1.29 is 4.79 Å². The van der Waals surface area contributed by atoms with E-state index in [0.29, 0.717) is 12.2 Å². The second-order valence-electron chi connectivity index (χ2n) is 4.47. The van der Waals surface area contributed by atoms with Crippen LogP contribution in [0.4, 0.5) is 5.69 Å². The molecule has 2 heterocycles. The Kier molecular flexibility index (Phi) is 4.14. The Labute approximate surface area is 116 Å². The first-order valence-corrected chi connectivity index (χ1v) is 6.19. The summed E-state index contributed by atoms with van der Waals surface area (Å²) in [6.07, 6.45) is 3.13. The molecule has 0 saturated heterocycles. The number of carbonyl (C=O) groups is 1. The molecular formula is C14H16N4O2. The first-order chi connectivity index (χ1) is 9.56. The summed E-state index contributed by atoms with van der Waals surface area (Å²) in [7, 11) is 0. The van der Waals surface area contributed by atoms with Crippen molar-refractivity contribution in [3.8, 4) is 0 Å². The van der Waals surface area contributed by atoms with Crippen LogP contribution in [0.5, 0.6) is 0 Å². The fourth-order valence-electron chi connectivity index (χ4n) is 1.77. The molecule has 2 rings (SSSR count). The molecule has 0 aliphatic rings. The zero-order valence-corrected chi connectivity index (χ0v) is 11.2. The van der Waals surface area contributed by atoms with E-state index in [1.54, 1.807) is 6.20 Å². The van der Waals surface area contributed by atoms with Gasteiger partial charge in [-0.05, 0) is 24.6 Å². The van der Waals surface area contributed by atoms with Crippen LogP contribution in [0.1, 0.15) is 11.3 Å². The van der Waals surface area contributed by atoms with Crippen molar-refractivity contribution in [3.05, 3.63) is 58.3 Å². The highest BCUT2D eigenvalue weighted by Gasteiger charge is 2.06. The highest BCUT2D eigenvalue weighted by molar-refractivity contribution is 5.75. The van der Waals surface area contributed by atoms with Crippen LogP contribution in [0.3, 0.4) is 0 Å². The summed E-state index contributed by atoms with van der Waals surface area (Å²) in [5.74, 6) is -0.261. The summed E-state index contributed by atoms with van der Waals surface area (Å²) in [4.78, 5) is 27.6. The topological polar surface area (TPSA) is 90.0 Å². The van der Waals surface area contributed by atoms with Crippen molar-refractivity contribution in [3.63, 3.8) is 0 Å². The summed E-state index contributed by atoms with van der Waals surface area (Å²) in [6, 6.07) is 6.61. The van der Waals surface area contributed by atoms with Crippen molar-refractivity contribution in [2.24, 2.45) is 0 Å². The number of hydrogen-bond donors (Lipinski definition) is 2. The SMILES string of the molecule is Cc1cccnc1CNC(=O)Cn1cc(N)ccc1=O. The van der Waals surface area contributed by atoms with Crippen LogP contribution in [-0.2, 0) is 17.9 Å². The number of nitrogens with two attached hydrogens (primary N) is 1. The third kappa shape index (κ3) is 3.44. The van der Waals surface area contributed by atoms with E-state index in [1.807, 2.05) is 19.1 Å². The van der Waals surface area contributed by atoms with Crippen LogP contribution in [0.15, 0.2) is 41.5 Å². The lowest BCUT2D eigenvalue weighted by Crippen LogP contribution is -2.32. The number of hydrogen-bond acceptors (Lipinski definition) is 4. The molecule has 6 heteroatoms. The Hall–Kier alpha value is -2.63. The van der Waals surface area contributed by atoms with Gasteiger partial charge in [0.25, 0.3) is 5.56 Å². The van der Waals surface area contributed by atoms with Crippen LogP contribution >= 0.6 is 0 Å². The summed E-state index contributed by atoms with van der Waals surface area (Å²) in [6.45, 7) is 2.20. The van der Waals surface area contributed by atoms with Gasteiger partial charge < -0.3 is 15.6 Å². The molecule has 0 unspecified atom stereocenters. The molecule has 20 heavy (non-hydrogen) atoms. The monoisotopic (exact) mass is 272 g/mol. The van der Waals surface area contributed by atoms with Crippen molar-refractivity contribution >= 4 is 11.6 Å². The van der Waals surface area contributed by atoms with Gasteiger partial charge in [-0.15, -0.1) is 0 Å². The van der Waals surface area contributed by atoms with Crippen LogP contribution in [0, 0.1) is 6.92 Å². The number of pyridine rings is 2. The zero-order chi connectivity index (χ0) is 14.5. The molecule has 3 N–H and O–H groups in total. The Morgan fingerprint density at radius 2 is 2.20 bits per heavy atom. The van der Waals surface area contributed by atoms with E-state index in [2.05, 4.69) is 10.3 Å². The molecule has 0 aliphatic carbocycles. The van der Waals surface area contributed by atoms with Gasteiger partial charge in [0.1, 0.15) is 6.54 Å². The molecule has 0 radical (unpaired) electrons. The Morgan fingerprint density at radius 1 is 1.40 bits per heavy atom. The van der Waals surface area contributed by atoms with Gasteiger partial charge in [0.15, 0.2) is 0 Å². The highest BCUT2D eigenvalue weighted by atomic mass is 16.2. The average Bonchev–Trinajstić information content (AvgIpc) is 2.42. The standard InChI is InChI=1S/C14H16N4O2/c1-10-3-2-6-16-12(10)7-17-13(19)9-18-8-11(15)4-5-14(18)20/h2-6,8H,7,9,15H2,1H3,(H,17,19). The van der Waals surface area contributed by atoms with Crippen LogP contribution in [0.2, 0.25) is 0 Å². The normalized spacial score (nSPS) is 10.2. The second kappa shape index (κ2) is 6.01. The number of carbonyl (C=O) groups excluding carboxylic acids is 1. The smallest absolute Gasteiger partial charge is 0.251 e. The van der Waals surface area contributed by atoms with E-state index in [1.165, 1.54) is 22.9 Å². The van der Waals surface area contributed by atoms with Gasteiger partial charge >= 0.3 is 0 Å². The number of anilines is 1. The Bertz CT molecular complexity index is 679. The van der Waals surface area contributed by atoms with Crippen molar-refractivity contribution in [1.29, 1.82) is 0 Å². The molecule has 2 aromatic rings. The van der Waals surface area contributed by atoms with Gasteiger partial charge in [-0.3, -0.25) is 14.6 Å². The lowest BCUT2D eigenvalue weighted by molar-refractivity contribution is -0.121. The molecule has 0 aliphatic heterocycles. The third-order valence-electron chi connectivity index (χ3n) is 2.89. The van der Waals surface area contributed by atoms with Crippen LogP contribution < -0.4 is 16.6 Å². The van der Waals surface area contributed by atoms with Crippen LogP contribution in [-0.4, -0.2) is 15.5 Å². The summed E-state index contributed by atoms with van der Waals surface area (Å²) in [5.41, 5.74) is 7.58. The number of amides is 1. The minimum absolute atomic E-state index is 0.0598. The predicted octanol–water partition coefficient (Wildman–Crippen LogP) is 0.450. The zero-order valence-electron chi connectivity index (χ0n) is 11.2. The summed E-state index contributed by atoms with van der Waals surface area (Å²) in [5, 5.41) is 2.73. The van der Waals surface area contributed by atoms with E-state index in [0.717, 1.165) is 11.3 Å². The van der Waals surface area contributed by atoms with Crippen molar-refractivity contribution in [2.45, 2.75) is 20.0 Å². The quantitative estimate of drug-likeness (QED) is 0.845. The van der Waals surface area contributed by atoms with Crippen molar-refractivity contribution in [2.75, 3.05) is 5.73 Å². The largest absolute Gasteiger partial charge is 0.398 e. The molecule has 2 aromatic heterocycles. The van der Waals surface area contributed by atoms with E-state index in [9.17, 15) is 9.59 Å². The molecule has 104 valence electrons. The Balaban J connectivity index is 1.98. The van der Waals surface area contributed by atoms with E-state index in [-0.39, 0.29) is 18.0 Å². The predicted molar refractivity (Wildman–Crippen MR) is 75.9 cm³/mol. The molecular weight excluding hydrogens is 256 g/mol. The number of aromatic nitrogens is 2. The van der Waals surface area contributed by atoms with Gasteiger partial charge in [-0.2, -0.15) is 0 Å². The minimum atomic E-state index is -0.261. The maximum Gasteiger partial charge on any atom is 0.251 e. The fraction of sp³-hybridized carbons (Fsp3) is 0.214. The number of rotatable bonds is 4. The first kappa shape index (κ1) is 13.8. The molecule has 0 bridgehead atoms. The summed E-state index contributed by atoms with van der Waals surface area (Å²) < 4.78 is 1.27. The maximum absolute atomic E-state index is 11.8. The highest BCUT2D eigenvalue weighted by Crippen LogP contribution is 2.02. The molecule has 0 saturated carbocycles. The minimum Gasteiger partial charge on any atom is -0.398 e. The number of nitrogens with zero attached hydrogens (tertiary/aromatic N) is 2. The molecule has 0 atom stereocenters. The average molecular weight is 272 g/mol. The van der Waals surface area contributed by atoms with E-state index < -0.39 is 0 Å². The van der Waals surface area contributed by atoms with Crippen LogP contribution in [0.25, 0.3) is 0 Å². The van der Waals surface area contributed by atoms with Gasteiger partial charge in [0.2, 0.25) is 5.91 Å².